The Balaban J connectivity index is 2.04. The number of methoxy groups -OCH3 is 2. The van der Waals surface area contributed by atoms with Crippen LogP contribution in [-0.4, -0.2) is 50.3 Å². The van der Waals surface area contributed by atoms with Crippen molar-refractivity contribution in [2.75, 3.05) is 39.7 Å². The SMILES string of the molecule is COc1ccc(NC2CCN(C)CC2)c(OC)n1. The van der Waals surface area contributed by atoms with Gasteiger partial charge in [-0.1, -0.05) is 0 Å². The third-order valence-corrected chi connectivity index (χ3v) is 3.32. The lowest BCUT2D eigenvalue weighted by Gasteiger charge is -2.30. The van der Waals surface area contributed by atoms with Crippen molar-refractivity contribution in [3.05, 3.63) is 12.1 Å². The van der Waals surface area contributed by atoms with Gasteiger partial charge < -0.3 is 19.7 Å². The van der Waals surface area contributed by atoms with Gasteiger partial charge in [-0.3, -0.25) is 0 Å². The molecule has 18 heavy (non-hydrogen) atoms. The molecule has 1 fully saturated rings. The number of hydrogen-bond donors (Lipinski definition) is 1. The molecule has 2 heterocycles. The van der Waals surface area contributed by atoms with Crippen LogP contribution in [-0.2, 0) is 0 Å². The molecule has 1 aliphatic heterocycles. The second kappa shape index (κ2) is 5.91. The number of pyridine rings is 1. The molecule has 0 aliphatic carbocycles. The number of ether oxygens (including phenoxy) is 2. The van der Waals surface area contributed by atoms with Crippen LogP contribution in [0, 0.1) is 0 Å². The molecule has 5 nitrogen and oxygen atoms in total. The first-order chi connectivity index (χ1) is 8.72. The van der Waals surface area contributed by atoms with E-state index in [1.807, 2.05) is 12.1 Å². The molecule has 0 amide bonds. The van der Waals surface area contributed by atoms with E-state index in [9.17, 15) is 0 Å². The van der Waals surface area contributed by atoms with E-state index in [1.54, 1.807) is 14.2 Å². The fraction of sp³-hybridized carbons (Fsp3) is 0.615. The first-order valence-electron chi connectivity index (χ1n) is 6.27. The summed E-state index contributed by atoms with van der Waals surface area (Å²) in [5.41, 5.74) is 0.938. The molecule has 1 aliphatic rings. The molecule has 1 saturated heterocycles. The number of likely N-dealkylation sites (tertiary alicyclic amines) is 1. The third-order valence-electron chi connectivity index (χ3n) is 3.32. The lowest BCUT2D eigenvalue weighted by atomic mass is 10.1. The molecule has 5 heteroatoms. The topological polar surface area (TPSA) is 46.6 Å². The summed E-state index contributed by atoms with van der Waals surface area (Å²) in [6.45, 7) is 2.26. The van der Waals surface area contributed by atoms with Gasteiger partial charge in [0.05, 0.1) is 19.9 Å². The van der Waals surface area contributed by atoms with Gasteiger partial charge in [0, 0.05) is 12.1 Å². The van der Waals surface area contributed by atoms with Crippen LogP contribution in [0.5, 0.6) is 11.8 Å². The van der Waals surface area contributed by atoms with Gasteiger partial charge in [-0.05, 0) is 39.0 Å². The first-order valence-corrected chi connectivity index (χ1v) is 6.27. The van der Waals surface area contributed by atoms with E-state index in [1.165, 1.54) is 0 Å². The second-order valence-electron chi connectivity index (χ2n) is 4.63. The number of piperidine rings is 1. The van der Waals surface area contributed by atoms with Crippen LogP contribution in [0.1, 0.15) is 12.8 Å². The monoisotopic (exact) mass is 251 g/mol. The van der Waals surface area contributed by atoms with E-state index in [0.29, 0.717) is 17.8 Å². The Labute approximate surface area is 108 Å². The lowest BCUT2D eigenvalue weighted by molar-refractivity contribution is 0.263. The first kappa shape index (κ1) is 13.0. The average Bonchev–Trinajstić information content (AvgIpc) is 2.41. The van der Waals surface area contributed by atoms with Crippen LogP contribution < -0.4 is 14.8 Å². The summed E-state index contributed by atoms with van der Waals surface area (Å²) in [7, 11) is 5.39. The van der Waals surface area contributed by atoms with Crippen LogP contribution in [0.25, 0.3) is 0 Å². The fourth-order valence-corrected chi connectivity index (χ4v) is 2.18. The van der Waals surface area contributed by atoms with Gasteiger partial charge in [0.25, 0.3) is 0 Å². The minimum Gasteiger partial charge on any atom is -0.481 e. The molecule has 1 N–H and O–H groups in total. The van der Waals surface area contributed by atoms with Crippen molar-refractivity contribution >= 4 is 5.69 Å². The maximum Gasteiger partial charge on any atom is 0.240 e. The Morgan fingerprint density at radius 3 is 2.56 bits per heavy atom. The molecule has 0 spiro atoms. The summed E-state index contributed by atoms with van der Waals surface area (Å²) >= 11 is 0. The maximum absolute atomic E-state index is 5.29. The molecule has 1 aromatic rings. The Morgan fingerprint density at radius 2 is 1.94 bits per heavy atom. The molecule has 0 atom stereocenters. The number of aromatic nitrogens is 1. The van der Waals surface area contributed by atoms with Crippen molar-refractivity contribution in [2.45, 2.75) is 18.9 Å². The molecule has 100 valence electrons. The number of nitrogens with zero attached hydrogens (tertiary/aromatic N) is 2. The maximum atomic E-state index is 5.29. The molecule has 2 rings (SSSR count). The normalized spacial score (nSPS) is 17.5. The van der Waals surface area contributed by atoms with Crippen LogP contribution >= 0.6 is 0 Å². The molecule has 1 aromatic heterocycles. The molecule has 0 bridgehead atoms. The van der Waals surface area contributed by atoms with Gasteiger partial charge >= 0.3 is 0 Å². The number of anilines is 1. The van der Waals surface area contributed by atoms with E-state index in [0.717, 1.165) is 31.6 Å². The number of hydrogen-bond acceptors (Lipinski definition) is 5. The van der Waals surface area contributed by atoms with Crippen molar-refractivity contribution in [1.82, 2.24) is 9.88 Å². The second-order valence-corrected chi connectivity index (χ2v) is 4.63. The van der Waals surface area contributed by atoms with E-state index in [4.69, 9.17) is 9.47 Å². The van der Waals surface area contributed by atoms with Crippen LogP contribution in [0.3, 0.4) is 0 Å². The molecule has 0 radical (unpaired) electrons. The van der Waals surface area contributed by atoms with Crippen molar-refractivity contribution in [2.24, 2.45) is 0 Å². The highest BCUT2D eigenvalue weighted by Gasteiger charge is 2.18. The van der Waals surface area contributed by atoms with Gasteiger partial charge in [-0.25, -0.2) is 0 Å². The van der Waals surface area contributed by atoms with E-state index in [2.05, 4.69) is 22.2 Å². The molecular formula is C13H21N3O2. The van der Waals surface area contributed by atoms with Crippen molar-refractivity contribution in [1.29, 1.82) is 0 Å². The number of nitrogens with one attached hydrogen (secondary N) is 1. The molecule has 0 saturated carbocycles. The average molecular weight is 251 g/mol. The Bertz CT molecular complexity index is 390. The number of rotatable bonds is 4. The van der Waals surface area contributed by atoms with Crippen molar-refractivity contribution in [3.8, 4) is 11.8 Å². The van der Waals surface area contributed by atoms with Gasteiger partial charge in [0.2, 0.25) is 11.8 Å². The zero-order valence-corrected chi connectivity index (χ0v) is 11.3. The van der Waals surface area contributed by atoms with Crippen LogP contribution in [0.4, 0.5) is 5.69 Å². The summed E-state index contributed by atoms with van der Waals surface area (Å²) in [5.74, 6) is 1.16. The van der Waals surface area contributed by atoms with Crippen molar-refractivity contribution < 1.29 is 9.47 Å². The predicted octanol–water partition coefficient (Wildman–Crippen LogP) is 1.60. The summed E-state index contributed by atoms with van der Waals surface area (Å²) < 4.78 is 10.4. The quantitative estimate of drug-likeness (QED) is 0.881. The van der Waals surface area contributed by atoms with Gasteiger partial charge in [-0.2, -0.15) is 4.98 Å². The highest BCUT2D eigenvalue weighted by molar-refractivity contribution is 5.54. The highest BCUT2D eigenvalue weighted by Crippen LogP contribution is 2.26. The fourth-order valence-electron chi connectivity index (χ4n) is 2.18. The summed E-state index contributed by atoms with van der Waals surface area (Å²) in [5, 5.41) is 3.50. The van der Waals surface area contributed by atoms with Crippen LogP contribution in [0.2, 0.25) is 0 Å². The summed E-state index contributed by atoms with van der Waals surface area (Å²) in [6, 6.07) is 4.30. The van der Waals surface area contributed by atoms with E-state index >= 15 is 0 Å². The largest absolute Gasteiger partial charge is 0.481 e. The van der Waals surface area contributed by atoms with Crippen molar-refractivity contribution in [3.63, 3.8) is 0 Å². The Hall–Kier alpha value is -1.49. The standard InChI is InChI=1S/C13H21N3O2/c1-16-8-6-10(7-9-16)14-11-4-5-12(17-2)15-13(11)18-3/h4-5,10,14H,6-9H2,1-3H3. The highest BCUT2D eigenvalue weighted by atomic mass is 16.5. The van der Waals surface area contributed by atoms with Gasteiger partial charge in [-0.15, -0.1) is 0 Å². The summed E-state index contributed by atoms with van der Waals surface area (Å²) in [6.07, 6.45) is 2.29. The summed E-state index contributed by atoms with van der Waals surface area (Å²) in [4.78, 5) is 6.62. The molecular weight excluding hydrogens is 230 g/mol. The van der Waals surface area contributed by atoms with Gasteiger partial charge in [0.15, 0.2) is 0 Å². The Morgan fingerprint density at radius 1 is 1.22 bits per heavy atom. The zero-order chi connectivity index (χ0) is 13.0. The third kappa shape index (κ3) is 3.04. The minimum absolute atomic E-state index is 0.491. The Kier molecular flexibility index (Phi) is 4.25. The smallest absolute Gasteiger partial charge is 0.240 e. The molecule has 0 aromatic carbocycles. The minimum atomic E-state index is 0.491. The van der Waals surface area contributed by atoms with E-state index < -0.39 is 0 Å². The predicted molar refractivity (Wildman–Crippen MR) is 71.5 cm³/mol. The van der Waals surface area contributed by atoms with Crippen LogP contribution in [0.15, 0.2) is 12.1 Å². The van der Waals surface area contributed by atoms with Gasteiger partial charge in [0.1, 0.15) is 0 Å². The zero-order valence-electron chi connectivity index (χ0n) is 11.3. The van der Waals surface area contributed by atoms with E-state index in [-0.39, 0.29) is 0 Å². The lowest BCUT2D eigenvalue weighted by Crippen LogP contribution is -2.36. The molecule has 0 unspecified atom stereocenters.